The van der Waals surface area contributed by atoms with Crippen molar-refractivity contribution >= 4 is 49.4 Å². The first-order valence-corrected chi connectivity index (χ1v) is 10.6. The van der Waals surface area contributed by atoms with Gasteiger partial charge in [0.2, 0.25) is 0 Å². The summed E-state index contributed by atoms with van der Waals surface area (Å²) in [7, 11) is 2.00. The van der Waals surface area contributed by atoms with Gasteiger partial charge in [-0.2, -0.15) is 0 Å². The maximum absolute atomic E-state index is 14.7. The van der Waals surface area contributed by atoms with Crippen molar-refractivity contribution < 1.29 is 4.39 Å². The Hall–Kier alpha value is -3.32. The minimum Gasteiger partial charge on any atom is -0.340 e. The van der Waals surface area contributed by atoms with Gasteiger partial charge < -0.3 is 9.88 Å². The largest absolute Gasteiger partial charge is 0.340 e. The number of anilines is 2. The Labute approximate surface area is 187 Å². The lowest BCUT2D eigenvalue weighted by atomic mass is 9.99. The molecule has 0 radical (unpaired) electrons. The minimum atomic E-state index is -0.376. The van der Waals surface area contributed by atoms with Gasteiger partial charge >= 0.3 is 0 Å². The van der Waals surface area contributed by atoms with Crippen LogP contribution in [0.1, 0.15) is 16.7 Å². The lowest BCUT2D eigenvalue weighted by molar-refractivity contribution is 0.633. The topological polar surface area (TPSA) is 55.6 Å². The van der Waals surface area contributed by atoms with Crippen LogP contribution in [-0.2, 0) is 13.5 Å². The standard InChI is InChI=1S/C24H19BrFN5/c1-14-9-17(30-24-22-19(27-12-28-24)7-6-18(25)23(22)26)5-4-16(14)10-15-3-8-21-20(11-15)29-13-31(21)2/h3-9,11-13H,10H2,1-2H3,(H,27,28,30). The van der Waals surface area contributed by atoms with Crippen LogP contribution in [0.25, 0.3) is 21.9 Å². The molecular formula is C24H19BrFN5. The zero-order valence-electron chi connectivity index (χ0n) is 17.0. The number of rotatable bonds is 4. The summed E-state index contributed by atoms with van der Waals surface area (Å²) in [5, 5.41) is 3.61. The minimum absolute atomic E-state index is 0.363. The van der Waals surface area contributed by atoms with Crippen LogP contribution in [0.4, 0.5) is 15.9 Å². The van der Waals surface area contributed by atoms with E-state index < -0.39 is 0 Å². The Morgan fingerprint density at radius 3 is 2.71 bits per heavy atom. The van der Waals surface area contributed by atoms with E-state index >= 15 is 0 Å². The number of fused-ring (bicyclic) bond motifs is 2. The normalized spacial score (nSPS) is 11.4. The van der Waals surface area contributed by atoms with Gasteiger partial charge in [0.05, 0.1) is 32.7 Å². The van der Waals surface area contributed by atoms with Gasteiger partial charge in [-0.1, -0.05) is 12.1 Å². The summed E-state index contributed by atoms with van der Waals surface area (Å²) >= 11 is 3.24. The van der Waals surface area contributed by atoms with Crippen LogP contribution in [0.5, 0.6) is 0 Å². The lowest BCUT2D eigenvalue weighted by Crippen LogP contribution is -2.00. The Morgan fingerprint density at radius 2 is 1.87 bits per heavy atom. The number of aromatic nitrogens is 4. The molecule has 0 saturated heterocycles. The van der Waals surface area contributed by atoms with E-state index in [0.29, 0.717) is 21.2 Å². The van der Waals surface area contributed by atoms with Crippen LogP contribution in [-0.4, -0.2) is 19.5 Å². The van der Waals surface area contributed by atoms with Gasteiger partial charge in [0.25, 0.3) is 0 Å². The van der Waals surface area contributed by atoms with E-state index in [-0.39, 0.29) is 5.82 Å². The Morgan fingerprint density at radius 1 is 1.00 bits per heavy atom. The number of benzene rings is 3. The molecule has 0 atom stereocenters. The van der Waals surface area contributed by atoms with E-state index in [1.165, 1.54) is 17.5 Å². The van der Waals surface area contributed by atoms with Crippen molar-refractivity contribution in [1.29, 1.82) is 0 Å². The number of hydrogen-bond acceptors (Lipinski definition) is 4. The highest BCUT2D eigenvalue weighted by molar-refractivity contribution is 9.10. The molecule has 5 rings (SSSR count). The average Bonchev–Trinajstić information content (AvgIpc) is 3.13. The van der Waals surface area contributed by atoms with E-state index in [0.717, 1.165) is 28.7 Å². The molecule has 0 bridgehead atoms. The molecule has 0 aliphatic heterocycles. The molecule has 0 saturated carbocycles. The Kier molecular flexibility index (Phi) is 4.90. The molecule has 0 amide bonds. The molecule has 1 N–H and O–H groups in total. The summed E-state index contributed by atoms with van der Waals surface area (Å²) in [4.78, 5) is 12.9. The third kappa shape index (κ3) is 3.65. The Bertz CT molecular complexity index is 1440. The van der Waals surface area contributed by atoms with Crippen LogP contribution in [0.2, 0.25) is 0 Å². The van der Waals surface area contributed by atoms with Crippen LogP contribution in [0.3, 0.4) is 0 Å². The molecule has 0 spiro atoms. The predicted molar refractivity (Wildman–Crippen MR) is 125 cm³/mol. The summed E-state index contributed by atoms with van der Waals surface area (Å²) in [6.07, 6.45) is 4.09. The first-order chi connectivity index (χ1) is 15.0. The van der Waals surface area contributed by atoms with Gasteiger partial charge in [0, 0.05) is 12.7 Å². The van der Waals surface area contributed by atoms with E-state index in [4.69, 9.17) is 0 Å². The van der Waals surface area contributed by atoms with E-state index in [1.54, 1.807) is 12.1 Å². The lowest BCUT2D eigenvalue weighted by Gasteiger charge is -2.12. The number of halogens is 2. The second kappa shape index (κ2) is 7.74. The second-order valence-corrected chi connectivity index (χ2v) is 8.45. The predicted octanol–water partition coefficient (Wildman–Crippen LogP) is 6.06. The van der Waals surface area contributed by atoms with Gasteiger partial charge in [-0.25, -0.2) is 19.3 Å². The average molecular weight is 476 g/mol. The maximum atomic E-state index is 14.7. The zero-order chi connectivity index (χ0) is 21.5. The number of hydrogen-bond donors (Lipinski definition) is 1. The molecular weight excluding hydrogens is 457 g/mol. The van der Waals surface area contributed by atoms with E-state index in [9.17, 15) is 4.39 Å². The highest BCUT2D eigenvalue weighted by Gasteiger charge is 2.13. The van der Waals surface area contributed by atoms with Gasteiger partial charge in [-0.05, 0) is 82.4 Å². The number of nitrogens with one attached hydrogen (secondary N) is 1. The molecule has 7 heteroatoms. The fourth-order valence-corrected chi connectivity index (χ4v) is 4.13. The third-order valence-electron chi connectivity index (χ3n) is 5.48. The summed E-state index contributed by atoms with van der Waals surface area (Å²) in [5.41, 5.74) is 7.10. The third-order valence-corrected chi connectivity index (χ3v) is 6.10. The quantitative estimate of drug-likeness (QED) is 0.343. The van der Waals surface area contributed by atoms with E-state index in [2.05, 4.69) is 73.5 Å². The van der Waals surface area contributed by atoms with Crippen LogP contribution >= 0.6 is 15.9 Å². The van der Waals surface area contributed by atoms with Crippen molar-refractivity contribution in [2.45, 2.75) is 13.3 Å². The van der Waals surface area contributed by atoms with Gasteiger partial charge in [0.1, 0.15) is 12.1 Å². The van der Waals surface area contributed by atoms with Crippen molar-refractivity contribution in [1.82, 2.24) is 19.5 Å². The molecule has 2 heterocycles. The molecule has 154 valence electrons. The van der Waals surface area contributed by atoms with Crippen molar-refractivity contribution in [3.05, 3.63) is 88.2 Å². The molecule has 5 nitrogen and oxygen atoms in total. The second-order valence-electron chi connectivity index (χ2n) is 7.60. The molecule has 0 fully saturated rings. The van der Waals surface area contributed by atoms with Crippen LogP contribution in [0.15, 0.2) is 65.7 Å². The number of imidazole rings is 1. The summed E-state index contributed by atoms with van der Waals surface area (Å²) in [6, 6.07) is 15.9. The van der Waals surface area contributed by atoms with E-state index in [1.807, 2.05) is 24.0 Å². The zero-order valence-corrected chi connectivity index (χ0v) is 18.6. The first kappa shape index (κ1) is 19.6. The Balaban J connectivity index is 1.43. The van der Waals surface area contributed by atoms with Gasteiger partial charge in [-0.3, -0.25) is 0 Å². The molecule has 3 aromatic carbocycles. The van der Waals surface area contributed by atoms with Crippen molar-refractivity contribution in [3.63, 3.8) is 0 Å². The fraction of sp³-hybridized carbons (Fsp3) is 0.125. The molecule has 31 heavy (non-hydrogen) atoms. The van der Waals surface area contributed by atoms with Gasteiger partial charge in [-0.15, -0.1) is 0 Å². The number of nitrogens with zero attached hydrogens (tertiary/aromatic N) is 4. The highest BCUT2D eigenvalue weighted by Crippen LogP contribution is 2.30. The molecule has 0 aliphatic carbocycles. The molecule has 0 unspecified atom stereocenters. The van der Waals surface area contributed by atoms with Gasteiger partial charge in [0.15, 0.2) is 5.82 Å². The molecule has 0 aliphatic rings. The molecule has 2 aromatic heterocycles. The monoisotopic (exact) mass is 475 g/mol. The maximum Gasteiger partial charge on any atom is 0.150 e. The smallest absolute Gasteiger partial charge is 0.150 e. The van der Waals surface area contributed by atoms with Crippen molar-refractivity contribution in [2.24, 2.45) is 7.05 Å². The van der Waals surface area contributed by atoms with Crippen LogP contribution < -0.4 is 5.32 Å². The summed E-state index contributed by atoms with van der Waals surface area (Å²) < 4.78 is 17.1. The number of aryl methyl sites for hydroxylation is 2. The summed E-state index contributed by atoms with van der Waals surface area (Å²) in [6.45, 7) is 2.08. The highest BCUT2D eigenvalue weighted by atomic mass is 79.9. The summed E-state index contributed by atoms with van der Waals surface area (Å²) in [5.74, 6) is 0.0652. The first-order valence-electron chi connectivity index (χ1n) is 9.85. The van der Waals surface area contributed by atoms with Crippen LogP contribution in [0, 0.1) is 12.7 Å². The van der Waals surface area contributed by atoms with Crippen molar-refractivity contribution in [3.8, 4) is 0 Å². The SMILES string of the molecule is Cc1cc(Nc2ncnc3ccc(Br)c(F)c23)ccc1Cc1ccc2c(c1)ncn2C. The molecule has 5 aromatic rings. The van der Waals surface area contributed by atoms with Crippen molar-refractivity contribution in [2.75, 3.05) is 5.32 Å². The fourth-order valence-electron chi connectivity index (χ4n) is 3.80.